The van der Waals surface area contributed by atoms with Crippen molar-refractivity contribution in [2.24, 2.45) is 0 Å². The Balaban J connectivity index is 2.16. The largest absolute Gasteiger partial charge is 0.472 e. The third kappa shape index (κ3) is 4.50. The molecule has 0 radical (unpaired) electrons. The molecule has 2 aromatic rings. The number of carbonyl (C=O) groups excluding carboxylic acids is 2. The molecule has 0 fully saturated rings. The van der Waals surface area contributed by atoms with Gasteiger partial charge < -0.3 is 18.6 Å². The lowest BCUT2D eigenvalue weighted by molar-refractivity contribution is -0.165. The summed E-state index contributed by atoms with van der Waals surface area (Å²) in [6.45, 7) is 10.2. The Morgan fingerprint density at radius 1 is 0.966 bits per heavy atom. The van der Waals surface area contributed by atoms with E-state index < -0.39 is 34.9 Å². The highest BCUT2D eigenvalue weighted by Gasteiger charge is 2.40. The van der Waals surface area contributed by atoms with Crippen molar-refractivity contribution in [3.05, 3.63) is 45.8 Å². The minimum absolute atomic E-state index is 0.0457. The zero-order valence-corrected chi connectivity index (χ0v) is 17.3. The molecule has 154 valence electrons. The molecule has 1 unspecified atom stereocenters. The maximum atomic E-state index is 12.8. The molecular formula is C22H24O7. The standard InChI is InChI=1S/C22H24O7/c1-21(2,3)28-19(24)14-11-13-16(27-17(14)20(25)29-22(4,5)6)12-9-7-8-10-15(12)26-18(13)23/h7-11,17H,1-6H3. The number of carbonyl (C=O) groups is 2. The van der Waals surface area contributed by atoms with Gasteiger partial charge in [-0.2, -0.15) is 0 Å². The summed E-state index contributed by atoms with van der Waals surface area (Å²) in [7, 11) is 0. The monoisotopic (exact) mass is 400 g/mol. The Bertz CT molecular complexity index is 1060. The lowest BCUT2D eigenvalue weighted by atomic mass is 10.0. The van der Waals surface area contributed by atoms with Gasteiger partial charge in [0.2, 0.25) is 6.10 Å². The number of fused-ring (bicyclic) bond motifs is 3. The van der Waals surface area contributed by atoms with Gasteiger partial charge in [0.05, 0.1) is 11.0 Å². The molecule has 1 aliphatic heterocycles. The average molecular weight is 400 g/mol. The predicted octanol–water partition coefficient (Wildman–Crippen LogP) is 3.62. The van der Waals surface area contributed by atoms with E-state index in [1.807, 2.05) is 0 Å². The summed E-state index contributed by atoms with van der Waals surface area (Å²) in [5.41, 5.74) is -2.04. The first kappa shape index (κ1) is 20.6. The van der Waals surface area contributed by atoms with Gasteiger partial charge in [-0.15, -0.1) is 0 Å². The molecule has 0 spiro atoms. The summed E-state index contributed by atoms with van der Waals surface area (Å²) < 4.78 is 22.0. The van der Waals surface area contributed by atoms with Crippen molar-refractivity contribution in [1.82, 2.24) is 0 Å². The Morgan fingerprint density at radius 3 is 2.21 bits per heavy atom. The zero-order chi connectivity index (χ0) is 21.6. The first-order valence-corrected chi connectivity index (χ1v) is 9.26. The van der Waals surface area contributed by atoms with Crippen molar-refractivity contribution in [2.45, 2.75) is 58.8 Å². The SMILES string of the molecule is CC(C)(C)OC(=O)C1=Cc2c(c3ccccc3oc2=O)OC1C(=O)OC(C)(C)C. The maximum absolute atomic E-state index is 12.8. The second-order valence-corrected chi connectivity index (χ2v) is 8.76. The van der Waals surface area contributed by atoms with Gasteiger partial charge in [0.1, 0.15) is 28.1 Å². The summed E-state index contributed by atoms with van der Waals surface area (Å²) in [5.74, 6) is -1.36. The summed E-state index contributed by atoms with van der Waals surface area (Å²) in [6, 6.07) is 6.79. The lowest BCUT2D eigenvalue weighted by Crippen LogP contribution is -2.42. The Hall–Kier alpha value is -3.09. The number of benzene rings is 1. The van der Waals surface area contributed by atoms with Gasteiger partial charge in [-0.25, -0.2) is 14.4 Å². The highest BCUT2D eigenvalue weighted by atomic mass is 16.6. The van der Waals surface area contributed by atoms with Crippen LogP contribution in [0.3, 0.4) is 0 Å². The van der Waals surface area contributed by atoms with Crippen molar-refractivity contribution in [1.29, 1.82) is 0 Å². The number of esters is 2. The van der Waals surface area contributed by atoms with Crippen LogP contribution in [-0.2, 0) is 19.1 Å². The smallest absolute Gasteiger partial charge is 0.352 e. The predicted molar refractivity (Wildman–Crippen MR) is 107 cm³/mol. The van der Waals surface area contributed by atoms with Crippen LogP contribution in [-0.4, -0.2) is 29.2 Å². The number of hydrogen-bond donors (Lipinski definition) is 0. The van der Waals surface area contributed by atoms with Crippen molar-refractivity contribution in [3.63, 3.8) is 0 Å². The molecule has 0 amide bonds. The molecule has 0 N–H and O–H groups in total. The molecule has 1 aromatic carbocycles. The molecule has 1 aromatic heterocycles. The second-order valence-electron chi connectivity index (χ2n) is 8.76. The van der Waals surface area contributed by atoms with Gasteiger partial charge >= 0.3 is 17.6 Å². The van der Waals surface area contributed by atoms with E-state index in [0.717, 1.165) is 0 Å². The number of hydrogen-bond acceptors (Lipinski definition) is 7. The molecule has 0 saturated carbocycles. The summed E-state index contributed by atoms with van der Waals surface area (Å²) in [5, 5.41) is 0.509. The zero-order valence-electron chi connectivity index (χ0n) is 17.3. The average Bonchev–Trinajstić information content (AvgIpc) is 2.58. The van der Waals surface area contributed by atoms with Crippen LogP contribution < -0.4 is 10.4 Å². The van der Waals surface area contributed by atoms with Gasteiger partial charge in [-0.05, 0) is 59.8 Å². The highest BCUT2D eigenvalue weighted by Crippen LogP contribution is 2.35. The van der Waals surface area contributed by atoms with Crippen molar-refractivity contribution in [2.75, 3.05) is 0 Å². The van der Waals surface area contributed by atoms with Crippen LogP contribution in [0.5, 0.6) is 5.75 Å². The minimum Gasteiger partial charge on any atom is -0.472 e. The molecule has 29 heavy (non-hydrogen) atoms. The Labute approximate surface area is 168 Å². The molecule has 1 aliphatic rings. The first-order valence-electron chi connectivity index (χ1n) is 9.26. The van der Waals surface area contributed by atoms with Gasteiger partial charge in [0.25, 0.3) is 0 Å². The molecule has 3 rings (SSSR count). The topological polar surface area (TPSA) is 92.0 Å². The van der Waals surface area contributed by atoms with Gasteiger partial charge in [-0.3, -0.25) is 0 Å². The van der Waals surface area contributed by atoms with E-state index in [1.54, 1.807) is 65.8 Å². The van der Waals surface area contributed by atoms with Crippen LogP contribution in [0, 0.1) is 0 Å². The quantitative estimate of drug-likeness (QED) is 0.561. The van der Waals surface area contributed by atoms with Gasteiger partial charge in [0.15, 0.2) is 0 Å². The van der Waals surface area contributed by atoms with E-state index in [1.165, 1.54) is 6.08 Å². The van der Waals surface area contributed by atoms with E-state index >= 15 is 0 Å². The van der Waals surface area contributed by atoms with Crippen LogP contribution in [0.15, 0.2) is 39.1 Å². The van der Waals surface area contributed by atoms with Crippen LogP contribution >= 0.6 is 0 Å². The maximum Gasteiger partial charge on any atom is 0.352 e. The summed E-state index contributed by atoms with van der Waals surface area (Å²) in [6.07, 6.45) is -0.0819. The van der Waals surface area contributed by atoms with E-state index in [4.69, 9.17) is 18.6 Å². The number of ether oxygens (including phenoxy) is 3. The summed E-state index contributed by atoms with van der Waals surface area (Å²) >= 11 is 0. The van der Waals surface area contributed by atoms with Crippen molar-refractivity contribution in [3.8, 4) is 5.75 Å². The lowest BCUT2D eigenvalue weighted by Gasteiger charge is -2.29. The third-order valence-electron chi connectivity index (χ3n) is 3.87. The molecular weight excluding hydrogens is 376 g/mol. The van der Waals surface area contributed by atoms with Gasteiger partial charge in [-0.1, -0.05) is 12.1 Å². The van der Waals surface area contributed by atoms with E-state index in [2.05, 4.69) is 0 Å². The fourth-order valence-electron chi connectivity index (χ4n) is 2.83. The molecule has 7 heteroatoms. The van der Waals surface area contributed by atoms with Crippen molar-refractivity contribution < 1.29 is 28.2 Å². The number of rotatable bonds is 2. The second kappa shape index (κ2) is 7.06. The highest BCUT2D eigenvalue weighted by molar-refractivity contribution is 6.04. The van der Waals surface area contributed by atoms with Crippen LogP contribution in [0.25, 0.3) is 17.0 Å². The molecule has 1 atom stereocenters. The Kier molecular flexibility index (Phi) is 5.03. The van der Waals surface area contributed by atoms with E-state index in [-0.39, 0.29) is 16.9 Å². The number of para-hydroxylation sites is 1. The molecule has 2 heterocycles. The first-order chi connectivity index (χ1) is 13.4. The van der Waals surface area contributed by atoms with Crippen LogP contribution in [0.4, 0.5) is 0 Å². The summed E-state index contributed by atoms with van der Waals surface area (Å²) in [4.78, 5) is 38.1. The van der Waals surface area contributed by atoms with Crippen LogP contribution in [0.2, 0.25) is 0 Å². The van der Waals surface area contributed by atoms with Crippen molar-refractivity contribution >= 4 is 29.0 Å². The van der Waals surface area contributed by atoms with E-state index in [0.29, 0.717) is 11.0 Å². The normalized spacial score (nSPS) is 16.5. The Morgan fingerprint density at radius 2 is 1.59 bits per heavy atom. The fourth-order valence-corrected chi connectivity index (χ4v) is 2.83. The molecule has 0 aliphatic carbocycles. The molecule has 0 bridgehead atoms. The fraction of sp³-hybridized carbons (Fsp3) is 0.409. The van der Waals surface area contributed by atoms with Crippen LogP contribution in [0.1, 0.15) is 47.1 Å². The van der Waals surface area contributed by atoms with E-state index in [9.17, 15) is 14.4 Å². The molecule has 7 nitrogen and oxygen atoms in total. The minimum atomic E-state index is -1.37. The third-order valence-corrected chi connectivity index (χ3v) is 3.87. The molecule has 0 saturated heterocycles. The van der Waals surface area contributed by atoms with Gasteiger partial charge in [0, 0.05) is 0 Å².